The van der Waals surface area contributed by atoms with E-state index in [-0.39, 0.29) is 16.8 Å². The Morgan fingerprint density at radius 3 is 2.74 bits per heavy atom. The van der Waals surface area contributed by atoms with E-state index in [1.807, 2.05) is 6.07 Å². The molecule has 1 amide bonds. The van der Waals surface area contributed by atoms with Gasteiger partial charge in [0, 0.05) is 16.2 Å². The van der Waals surface area contributed by atoms with Gasteiger partial charge in [-0.1, -0.05) is 48.2 Å². The van der Waals surface area contributed by atoms with Crippen LogP contribution in [0.4, 0.5) is 5.69 Å². The van der Waals surface area contributed by atoms with Crippen molar-refractivity contribution in [3.8, 4) is 11.5 Å². The molecular formula is C20H23BrN2O3S. The molecule has 0 heterocycles. The van der Waals surface area contributed by atoms with Crippen molar-refractivity contribution >= 4 is 44.9 Å². The van der Waals surface area contributed by atoms with Gasteiger partial charge in [-0.3, -0.25) is 10.1 Å². The largest absolute Gasteiger partial charge is 0.508 e. The van der Waals surface area contributed by atoms with E-state index in [1.54, 1.807) is 30.3 Å². The highest BCUT2D eigenvalue weighted by atomic mass is 79.9. The monoisotopic (exact) mass is 450 g/mol. The quantitative estimate of drug-likeness (QED) is 0.378. The standard InChI is InChI=1S/C20H23BrN2O3S/c1-2-3-4-5-11-26-18-10-9-14(21)12-17(18)19(25)23-20(27)22-15-7-6-8-16(24)13-15/h6-10,12-13,24H,2-5,11H2,1H3,(H2,22,23,25,27). The van der Waals surface area contributed by atoms with Gasteiger partial charge in [0.1, 0.15) is 11.5 Å². The molecule has 0 radical (unpaired) electrons. The SMILES string of the molecule is CCCCCCOc1ccc(Br)cc1C(=O)NC(=S)Nc1cccc(O)c1. The molecule has 2 aromatic carbocycles. The van der Waals surface area contributed by atoms with Crippen molar-refractivity contribution < 1.29 is 14.6 Å². The van der Waals surface area contributed by atoms with Crippen LogP contribution in [0.25, 0.3) is 0 Å². The number of unbranched alkanes of at least 4 members (excludes halogenated alkanes) is 3. The molecule has 0 aliphatic rings. The number of thiocarbonyl (C=S) groups is 1. The molecule has 0 atom stereocenters. The van der Waals surface area contributed by atoms with Crippen LogP contribution < -0.4 is 15.4 Å². The topological polar surface area (TPSA) is 70.6 Å². The van der Waals surface area contributed by atoms with Gasteiger partial charge in [0.25, 0.3) is 5.91 Å². The lowest BCUT2D eigenvalue weighted by molar-refractivity contribution is 0.0973. The van der Waals surface area contributed by atoms with E-state index in [9.17, 15) is 9.90 Å². The predicted molar refractivity (Wildman–Crippen MR) is 116 cm³/mol. The first kappa shape index (κ1) is 21.2. The van der Waals surface area contributed by atoms with Gasteiger partial charge in [0.2, 0.25) is 0 Å². The molecule has 0 unspecified atom stereocenters. The van der Waals surface area contributed by atoms with Crippen LogP contribution in [0.5, 0.6) is 11.5 Å². The Labute approximate surface area is 173 Å². The summed E-state index contributed by atoms with van der Waals surface area (Å²) in [7, 11) is 0. The zero-order valence-corrected chi connectivity index (χ0v) is 17.5. The highest BCUT2D eigenvalue weighted by molar-refractivity contribution is 9.10. The first-order chi connectivity index (χ1) is 13.0. The summed E-state index contributed by atoms with van der Waals surface area (Å²) in [6, 6.07) is 11.8. The molecule has 2 rings (SSSR count). The maximum absolute atomic E-state index is 12.6. The average Bonchev–Trinajstić information content (AvgIpc) is 2.62. The Hall–Kier alpha value is -2.12. The van der Waals surface area contributed by atoms with E-state index in [0.29, 0.717) is 23.6 Å². The number of hydrogen-bond donors (Lipinski definition) is 3. The summed E-state index contributed by atoms with van der Waals surface area (Å²) in [6.07, 6.45) is 4.39. The second-order valence-corrected chi connectivity index (χ2v) is 7.33. The number of hydrogen-bond acceptors (Lipinski definition) is 4. The molecule has 7 heteroatoms. The maximum atomic E-state index is 12.6. The molecule has 0 fully saturated rings. The number of aromatic hydroxyl groups is 1. The van der Waals surface area contributed by atoms with Crippen molar-refractivity contribution in [2.45, 2.75) is 32.6 Å². The number of nitrogens with one attached hydrogen (secondary N) is 2. The van der Waals surface area contributed by atoms with Crippen LogP contribution in [0.1, 0.15) is 43.0 Å². The Morgan fingerprint density at radius 2 is 2.00 bits per heavy atom. The van der Waals surface area contributed by atoms with Crippen molar-refractivity contribution in [2.24, 2.45) is 0 Å². The first-order valence-electron chi connectivity index (χ1n) is 8.83. The number of carbonyl (C=O) groups excluding carboxylic acids is 1. The van der Waals surface area contributed by atoms with Gasteiger partial charge in [0.15, 0.2) is 5.11 Å². The summed E-state index contributed by atoms with van der Waals surface area (Å²) in [5.41, 5.74) is 0.988. The fourth-order valence-electron chi connectivity index (χ4n) is 2.43. The lowest BCUT2D eigenvalue weighted by Gasteiger charge is -2.13. The Kier molecular flexibility index (Phi) is 8.54. The van der Waals surface area contributed by atoms with Crippen molar-refractivity contribution in [3.63, 3.8) is 0 Å². The minimum Gasteiger partial charge on any atom is -0.508 e. The minimum absolute atomic E-state index is 0.111. The summed E-state index contributed by atoms with van der Waals surface area (Å²) < 4.78 is 6.57. The lowest BCUT2D eigenvalue weighted by atomic mass is 10.2. The van der Waals surface area contributed by atoms with E-state index >= 15 is 0 Å². The molecule has 0 aromatic heterocycles. The van der Waals surface area contributed by atoms with Crippen LogP contribution in [-0.2, 0) is 0 Å². The van der Waals surface area contributed by atoms with Crippen molar-refractivity contribution in [1.82, 2.24) is 5.32 Å². The number of rotatable bonds is 8. The highest BCUT2D eigenvalue weighted by Gasteiger charge is 2.15. The van der Waals surface area contributed by atoms with Gasteiger partial charge in [-0.15, -0.1) is 0 Å². The molecule has 144 valence electrons. The van der Waals surface area contributed by atoms with Crippen molar-refractivity contribution in [3.05, 3.63) is 52.5 Å². The average molecular weight is 451 g/mol. The summed E-state index contributed by atoms with van der Waals surface area (Å²) >= 11 is 8.57. The zero-order chi connectivity index (χ0) is 19.6. The number of amides is 1. The lowest BCUT2D eigenvalue weighted by Crippen LogP contribution is -2.34. The van der Waals surface area contributed by atoms with Crippen LogP contribution in [0, 0.1) is 0 Å². The first-order valence-corrected chi connectivity index (χ1v) is 10.0. The molecule has 27 heavy (non-hydrogen) atoms. The molecule has 0 bridgehead atoms. The van der Waals surface area contributed by atoms with Gasteiger partial charge in [0.05, 0.1) is 12.2 Å². The third-order valence-corrected chi connectivity index (χ3v) is 4.47. The Balaban J connectivity index is 1.99. The Bertz CT molecular complexity index is 799. The van der Waals surface area contributed by atoms with E-state index in [0.717, 1.165) is 23.7 Å². The molecule has 0 aliphatic heterocycles. The predicted octanol–water partition coefficient (Wildman–Crippen LogP) is 5.24. The van der Waals surface area contributed by atoms with Crippen LogP contribution in [0.2, 0.25) is 0 Å². The summed E-state index contributed by atoms with van der Waals surface area (Å²) in [5, 5.41) is 15.1. The van der Waals surface area contributed by atoms with E-state index < -0.39 is 0 Å². The van der Waals surface area contributed by atoms with Crippen molar-refractivity contribution in [2.75, 3.05) is 11.9 Å². The minimum atomic E-state index is -0.363. The van der Waals surface area contributed by atoms with Gasteiger partial charge in [-0.2, -0.15) is 0 Å². The smallest absolute Gasteiger partial charge is 0.261 e. The van der Waals surface area contributed by atoms with Crippen LogP contribution >= 0.6 is 28.1 Å². The molecule has 3 N–H and O–H groups in total. The van der Waals surface area contributed by atoms with Crippen LogP contribution in [0.15, 0.2) is 46.9 Å². The molecule has 0 spiro atoms. The number of carbonyl (C=O) groups is 1. The molecule has 0 saturated heterocycles. The number of halogens is 1. The van der Waals surface area contributed by atoms with Gasteiger partial charge < -0.3 is 15.2 Å². The second-order valence-electron chi connectivity index (χ2n) is 6.01. The summed E-state index contributed by atoms with van der Waals surface area (Å²) in [4.78, 5) is 12.6. The third kappa shape index (κ3) is 7.19. The third-order valence-electron chi connectivity index (χ3n) is 3.77. The fraction of sp³-hybridized carbons (Fsp3) is 0.300. The zero-order valence-electron chi connectivity index (χ0n) is 15.1. The maximum Gasteiger partial charge on any atom is 0.261 e. The number of phenols is 1. The molecule has 0 saturated carbocycles. The van der Waals surface area contributed by atoms with Crippen LogP contribution in [0.3, 0.4) is 0 Å². The van der Waals surface area contributed by atoms with Crippen LogP contribution in [-0.4, -0.2) is 22.7 Å². The molecular weight excluding hydrogens is 428 g/mol. The Morgan fingerprint density at radius 1 is 1.19 bits per heavy atom. The second kappa shape index (κ2) is 10.9. The number of phenolic OH excluding ortho intramolecular Hbond substituents is 1. The van der Waals surface area contributed by atoms with E-state index in [4.69, 9.17) is 17.0 Å². The van der Waals surface area contributed by atoms with Gasteiger partial charge in [-0.05, 0) is 49.0 Å². The number of benzene rings is 2. The molecule has 0 aliphatic carbocycles. The number of anilines is 1. The summed E-state index contributed by atoms with van der Waals surface area (Å²) in [6.45, 7) is 2.72. The normalized spacial score (nSPS) is 10.3. The van der Waals surface area contributed by atoms with E-state index in [2.05, 4.69) is 33.5 Å². The number of ether oxygens (including phenoxy) is 1. The van der Waals surface area contributed by atoms with Gasteiger partial charge in [-0.25, -0.2) is 0 Å². The molecule has 5 nitrogen and oxygen atoms in total. The van der Waals surface area contributed by atoms with Crippen molar-refractivity contribution in [1.29, 1.82) is 0 Å². The van der Waals surface area contributed by atoms with Gasteiger partial charge >= 0.3 is 0 Å². The summed E-state index contributed by atoms with van der Waals surface area (Å²) in [5.74, 6) is 0.268. The molecule has 2 aromatic rings. The van der Waals surface area contributed by atoms with E-state index in [1.165, 1.54) is 12.5 Å². The highest BCUT2D eigenvalue weighted by Crippen LogP contribution is 2.24. The fourth-order valence-corrected chi connectivity index (χ4v) is 3.00.